The second-order valence-corrected chi connectivity index (χ2v) is 4.69. The fourth-order valence-corrected chi connectivity index (χ4v) is 2.26. The van der Waals surface area contributed by atoms with Gasteiger partial charge in [0.2, 0.25) is 5.78 Å². The van der Waals surface area contributed by atoms with Gasteiger partial charge in [-0.3, -0.25) is 9.48 Å². The zero-order chi connectivity index (χ0) is 13.1. The van der Waals surface area contributed by atoms with Gasteiger partial charge in [0.25, 0.3) is 0 Å². The summed E-state index contributed by atoms with van der Waals surface area (Å²) >= 11 is 3.28. The molecule has 1 heterocycles. The van der Waals surface area contributed by atoms with Gasteiger partial charge in [-0.05, 0) is 28.4 Å². The van der Waals surface area contributed by atoms with Crippen molar-refractivity contribution in [2.45, 2.75) is 19.6 Å². The summed E-state index contributed by atoms with van der Waals surface area (Å²) in [5.74, 6) is -0.354. The third-order valence-corrected chi connectivity index (χ3v) is 3.27. The third kappa shape index (κ3) is 2.37. The van der Waals surface area contributed by atoms with Gasteiger partial charge >= 0.3 is 0 Å². The molecule has 2 aromatic rings. The minimum Gasteiger partial charge on any atom is -0.380 e. The number of hydrogen-bond acceptors (Lipinski definition) is 3. The van der Waals surface area contributed by atoms with Crippen molar-refractivity contribution in [2.24, 2.45) is 0 Å². The van der Waals surface area contributed by atoms with Crippen LogP contribution in [0.3, 0.4) is 0 Å². The van der Waals surface area contributed by atoms with Crippen LogP contribution in [-0.4, -0.2) is 20.7 Å². The highest BCUT2D eigenvalue weighted by molar-refractivity contribution is 9.10. The summed E-state index contributed by atoms with van der Waals surface area (Å²) in [6, 6.07) is 8.87. The van der Waals surface area contributed by atoms with E-state index in [2.05, 4.69) is 21.0 Å². The summed E-state index contributed by atoms with van der Waals surface area (Å²) in [7, 11) is 0. The number of carbonyl (C=O) groups excluding carboxylic acids is 1. The molecule has 1 N–H and O–H groups in total. The number of aliphatic hydroxyl groups excluding tert-OH is 1. The number of ketones is 1. The van der Waals surface area contributed by atoms with Crippen molar-refractivity contribution in [1.29, 1.82) is 0 Å². The smallest absolute Gasteiger partial charge is 0.214 e. The number of aromatic nitrogens is 2. The normalized spacial score (nSPS) is 12.4. The molecule has 94 valence electrons. The highest BCUT2D eigenvalue weighted by atomic mass is 79.9. The molecular weight excluding hydrogens is 296 g/mol. The van der Waals surface area contributed by atoms with E-state index >= 15 is 0 Å². The van der Waals surface area contributed by atoms with E-state index in [9.17, 15) is 9.90 Å². The molecule has 1 atom stereocenters. The second-order valence-electron chi connectivity index (χ2n) is 3.83. The largest absolute Gasteiger partial charge is 0.380 e. The summed E-state index contributed by atoms with van der Waals surface area (Å²) in [4.78, 5) is 12.3. The van der Waals surface area contributed by atoms with Crippen LogP contribution in [0.15, 0.2) is 41.0 Å². The Kier molecular flexibility index (Phi) is 3.93. The topological polar surface area (TPSA) is 55.1 Å². The van der Waals surface area contributed by atoms with Gasteiger partial charge in [-0.1, -0.05) is 30.3 Å². The quantitative estimate of drug-likeness (QED) is 0.883. The van der Waals surface area contributed by atoms with Gasteiger partial charge < -0.3 is 5.11 Å². The van der Waals surface area contributed by atoms with Crippen LogP contribution in [-0.2, 0) is 6.54 Å². The standard InChI is InChI=1S/C13H13BrN2O2/c1-2-16-11(10(14)8-15-16)13(18)12(17)9-6-4-3-5-7-9/h3-8,12,17H,2H2,1H3. The monoisotopic (exact) mass is 308 g/mol. The molecule has 0 aliphatic carbocycles. The molecule has 4 nitrogen and oxygen atoms in total. The molecule has 18 heavy (non-hydrogen) atoms. The van der Waals surface area contributed by atoms with E-state index < -0.39 is 6.10 Å². The number of benzene rings is 1. The van der Waals surface area contributed by atoms with Crippen molar-refractivity contribution < 1.29 is 9.90 Å². The van der Waals surface area contributed by atoms with Gasteiger partial charge in [-0.15, -0.1) is 0 Å². The van der Waals surface area contributed by atoms with Crippen LogP contribution in [0.5, 0.6) is 0 Å². The molecule has 1 aromatic carbocycles. The Balaban J connectivity index is 2.34. The molecule has 0 amide bonds. The first kappa shape index (κ1) is 13.0. The Bertz CT molecular complexity index is 551. The number of rotatable bonds is 4. The third-order valence-electron chi connectivity index (χ3n) is 2.69. The lowest BCUT2D eigenvalue weighted by Crippen LogP contribution is -2.17. The number of aliphatic hydroxyl groups is 1. The van der Waals surface area contributed by atoms with Crippen molar-refractivity contribution in [3.05, 3.63) is 52.3 Å². The van der Waals surface area contributed by atoms with Crippen LogP contribution in [0.25, 0.3) is 0 Å². The number of hydrogen-bond donors (Lipinski definition) is 1. The lowest BCUT2D eigenvalue weighted by atomic mass is 10.0. The van der Waals surface area contributed by atoms with Crippen LogP contribution < -0.4 is 0 Å². The summed E-state index contributed by atoms with van der Waals surface area (Å²) in [5, 5.41) is 14.2. The van der Waals surface area contributed by atoms with Gasteiger partial charge in [0.05, 0.1) is 10.7 Å². The summed E-state index contributed by atoms with van der Waals surface area (Å²) in [5.41, 5.74) is 0.979. The fourth-order valence-electron chi connectivity index (χ4n) is 1.76. The molecule has 1 unspecified atom stereocenters. The Hall–Kier alpha value is -1.46. The Morgan fingerprint density at radius 3 is 2.72 bits per heavy atom. The molecule has 0 spiro atoms. The summed E-state index contributed by atoms with van der Waals surface area (Å²) in [6.45, 7) is 2.47. The molecule has 0 fully saturated rings. The van der Waals surface area contributed by atoms with Crippen LogP contribution in [0.2, 0.25) is 0 Å². The van der Waals surface area contributed by atoms with E-state index in [0.29, 0.717) is 22.3 Å². The van der Waals surface area contributed by atoms with Gasteiger partial charge in [-0.25, -0.2) is 0 Å². The van der Waals surface area contributed by atoms with Crippen LogP contribution in [0.1, 0.15) is 29.1 Å². The maximum atomic E-state index is 12.3. The van der Waals surface area contributed by atoms with Crippen molar-refractivity contribution in [3.8, 4) is 0 Å². The highest BCUT2D eigenvalue weighted by Gasteiger charge is 2.24. The maximum Gasteiger partial charge on any atom is 0.214 e. The Morgan fingerprint density at radius 2 is 2.11 bits per heavy atom. The van der Waals surface area contributed by atoms with Gasteiger partial charge in [-0.2, -0.15) is 5.10 Å². The lowest BCUT2D eigenvalue weighted by molar-refractivity contribution is 0.0735. The van der Waals surface area contributed by atoms with Crippen LogP contribution >= 0.6 is 15.9 Å². The van der Waals surface area contributed by atoms with Crippen LogP contribution in [0.4, 0.5) is 0 Å². The van der Waals surface area contributed by atoms with Crippen molar-refractivity contribution in [3.63, 3.8) is 0 Å². The molecule has 1 aromatic heterocycles. The molecule has 0 saturated heterocycles. The fraction of sp³-hybridized carbons (Fsp3) is 0.231. The number of carbonyl (C=O) groups is 1. The molecule has 0 saturated carbocycles. The first-order valence-electron chi connectivity index (χ1n) is 5.63. The summed E-state index contributed by atoms with van der Waals surface area (Å²) < 4.78 is 2.17. The van der Waals surface area contributed by atoms with Gasteiger partial charge in [0.15, 0.2) is 0 Å². The molecule has 0 bridgehead atoms. The predicted octanol–water partition coefficient (Wildman–Crippen LogP) is 2.58. The Morgan fingerprint density at radius 1 is 1.44 bits per heavy atom. The van der Waals surface area contributed by atoms with E-state index in [4.69, 9.17) is 0 Å². The molecular formula is C13H13BrN2O2. The average Bonchev–Trinajstić information content (AvgIpc) is 2.79. The SMILES string of the molecule is CCn1ncc(Br)c1C(=O)C(O)c1ccccc1. The number of Topliss-reactive ketones (excluding diaryl/α,β-unsaturated/α-hetero) is 1. The molecule has 2 rings (SSSR count). The van der Waals surface area contributed by atoms with Gasteiger partial charge in [0.1, 0.15) is 11.8 Å². The molecule has 0 aliphatic rings. The first-order valence-corrected chi connectivity index (χ1v) is 6.43. The molecule has 5 heteroatoms. The maximum absolute atomic E-state index is 12.3. The van der Waals surface area contributed by atoms with E-state index in [1.54, 1.807) is 35.1 Å². The average molecular weight is 309 g/mol. The van der Waals surface area contributed by atoms with Crippen molar-refractivity contribution >= 4 is 21.7 Å². The zero-order valence-electron chi connectivity index (χ0n) is 9.88. The number of halogens is 1. The predicted molar refractivity (Wildman–Crippen MR) is 71.3 cm³/mol. The first-order chi connectivity index (χ1) is 8.65. The van der Waals surface area contributed by atoms with Crippen molar-refractivity contribution in [1.82, 2.24) is 9.78 Å². The minimum absolute atomic E-state index is 0.354. The van der Waals surface area contributed by atoms with E-state index in [1.165, 1.54) is 0 Å². The highest BCUT2D eigenvalue weighted by Crippen LogP contribution is 2.23. The molecule has 0 radical (unpaired) electrons. The zero-order valence-corrected chi connectivity index (χ0v) is 11.5. The van der Waals surface area contributed by atoms with E-state index in [0.717, 1.165) is 0 Å². The van der Waals surface area contributed by atoms with E-state index in [-0.39, 0.29) is 5.78 Å². The number of aryl methyl sites for hydroxylation is 1. The second kappa shape index (κ2) is 5.46. The number of nitrogens with zero attached hydrogens (tertiary/aromatic N) is 2. The Labute approximate surface area is 113 Å². The van der Waals surface area contributed by atoms with E-state index in [1.807, 2.05) is 13.0 Å². The van der Waals surface area contributed by atoms with Crippen molar-refractivity contribution in [2.75, 3.05) is 0 Å². The lowest BCUT2D eigenvalue weighted by Gasteiger charge is -2.11. The van der Waals surface area contributed by atoms with Gasteiger partial charge in [0, 0.05) is 6.54 Å². The van der Waals surface area contributed by atoms with Crippen LogP contribution in [0, 0.1) is 0 Å². The molecule has 0 aliphatic heterocycles. The summed E-state index contributed by atoms with van der Waals surface area (Å²) in [6.07, 6.45) is 0.401. The minimum atomic E-state index is -1.16.